The van der Waals surface area contributed by atoms with Gasteiger partial charge in [0.15, 0.2) is 0 Å². The molecule has 1 aliphatic heterocycles. The third-order valence-corrected chi connectivity index (χ3v) is 4.24. The quantitative estimate of drug-likeness (QED) is 0.848. The van der Waals surface area contributed by atoms with Gasteiger partial charge in [0.05, 0.1) is 6.61 Å². The predicted molar refractivity (Wildman–Crippen MR) is 74.2 cm³/mol. The molecule has 1 heterocycles. The number of benzene rings is 1. The maximum absolute atomic E-state index is 12.7. The first-order chi connectivity index (χ1) is 9.20. The van der Waals surface area contributed by atoms with Crippen molar-refractivity contribution in [3.63, 3.8) is 0 Å². The predicted octanol–water partition coefficient (Wildman–Crippen LogP) is 2.29. The van der Waals surface area contributed by atoms with Crippen LogP contribution < -0.4 is 10.5 Å². The highest BCUT2D eigenvalue weighted by Crippen LogP contribution is 2.39. The Bertz CT molecular complexity index is 501. The molecule has 1 aromatic carbocycles. The Morgan fingerprint density at radius 2 is 2.32 bits per heavy atom. The summed E-state index contributed by atoms with van der Waals surface area (Å²) in [5.41, 5.74) is 7.04. The maximum atomic E-state index is 12.7. The van der Waals surface area contributed by atoms with Gasteiger partial charge in [-0.05, 0) is 44.2 Å². The van der Waals surface area contributed by atoms with Crippen molar-refractivity contribution in [3.8, 4) is 5.75 Å². The molecule has 1 aromatic rings. The Hall–Kier alpha value is -1.71. The number of likely N-dealkylation sites (tertiary alicyclic amines) is 1. The molecule has 1 saturated heterocycles. The van der Waals surface area contributed by atoms with Crippen LogP contribution in [0.5, 0.6) is 5.75 Å². The second-order valence-corrected chi connectivity index (χ2v) is 5.44. The van der Waals surface area contributed by atoms with Gasteiger partial charge in [-0.15, -0.1) is 0 Å². The van der Waals surface area contributed by atoms with Gasteiger partial charge in [-0.2, -0.15) is 0 Å². The van der Waals surface area contributed by atoms with Crippen LogP contribution in [0.1, 0.15) is 36.5 Å². The molecule has 0 radical (unpaired) electrons. The summed E-state index contributed by atoms with van der Waals surface area (Å²) < 4.78 is 5.55. The van der Waals surface area contributed by atoms with Crippen molar-refractivity contribution in [2.75, 3.05) is 18.9 Å². The number of nitrogen functional groups attached to an aromatic ring is 1. The summed E-state index contributed by atoms with van der Waals surface area (Å²) in [7, 11) is 0. The molecule has 2 atom stereocenters. The van der Waals surface area contributed by atoms with E-state index in [9.17, 15) is 4.79 Å². The number of carbonyl (C=O) groups is 1. The topological polar surface area (TPSA) is 55.6 Å². The fourth-order valence-corrected chi connectivity index (χ4v) is 3.37. The van der Waals surface area contributed by atoms with Crippen LogP contribution in [0.15, 0.2) is 18.2 Å². The lowest BCUT2D eigenvalue weighted by Gasteiger charge is -2.28. The Morgan fingerprint density at radius 3 is 2.95 bits per heavy atom. The third-order valence-electron chi connectivity index (χ3n) is 4.24. The standard InChI is InChI=1S/C15H20N2O2/c1-2-19-13-5-3-4-12(16)14(13)15(18)17-9-10-6-7-11(17)8-10/h3-5,10-11H,2,6-9,16H2,1H3. The molecule has 4 heteroatoms. The van der Waals surface area contributed by atoms with Crippen molar-refractivity contribution in [2.24, 2.45) is 5.92 Å². The van der Waals surface area contributed by atoms with Gasteiger partial charge in [-0.1, -0.05) is 6.07 Å². The van der Waals surface area contributed by atoms with Crippen LogP contribution in [0.4, 0.5) is 5.69 Å². The van der Waals surface area contributed by atoms with Crippen LogP contribution in [0.25, 0.3) is 0 Å². The van der Waals surface area contributed by atoms with Crippen molar-refractivity contribution >= 4 is 11.6 Å². The minimum Gasteiger partial charge on any atom is -0.493 e. The minimum absolute atomic E-state index is 0.0359. The number of nitrogens with zero attached hydrogens (tertiary/aromatic N) is 1. The maximum Gasteiger partial charge on any atom is 0.259 e. The van der Waals surface area contributed by atoms with Crippen LogP contribution in [-0.4, -0.2) is 30.0 Å². The number of hydrogen-bond acceptors (Lipinski definition) is 3. The highest BCUT2D eigenvalue weighted by atomic mass is 16.5. The normalized spacial score (nSPS) is 24.8. The SMILES string of the molecule is CCOc1cccc(N)c1C(=O)N1CC2CCC1C2. The lowest BCUT2D eigenvalue weighted by Crippen LogP contribution is -2.38. The van der Waals surface area contributed by atoms with Crippen LogP contribution in [0, 0.1) is 5.92 Å². The number of ether oxygens (including phenoxy) is 1. The molecule has 3 rings (SSSR count). The Balaban J connectivity index is 1.91. The summed E-state index contributed by atoms with van der Waals surface area (Å²) in [5, 5.41) is 0. The number of rotatable bonds is 3. The van der Waals surface area contributed by atoms with E-state index >= 15 is 0 Å². The monoisotopic (exact) mass is 260 g/mol. The molecule has 1 amide bonds. The number of nitrogens with two attached hydrogens (primary N) is 1. The van der Waals surface area contributed by atoms with Crippen LogP contribution >= 0.6 is 0 Å². The molecule has 2 bridgehead atoms. The molecule has 19 heavy (non-hydrogen) atoms. The summed E-state index contributed by atoms with van der Waals surface area (Å²) in [6.45, 7) is 3.33. The van der Waals surface area contributed by atoms with Crippen LogP contribution in [0.3, 0.4) is 0 Å². The summed E-state index contributed by atoms with van der Waals surface area (Å²) in [4.78, 5) is 14.7. The third kappa shape index (κ3) is 2.05. The largest absolute Gasteiger partial charge is 0.493 e. The Morgan fingerprint density at radius 1 is 1.47 bits per heavy atom. The molecular formula is C15H20N2O2. The van der Waals surface area contributed by atoms with Crippen LogP contribution in [0.2, 0.25) is 0 Å². The number of piperidine rings is 1. The van der Waals surface area contributed by atoms with E-state index in [1.807, 2.05) is 24.0 Å². The van der Waals surface area contributed by atoms with E-state index in [4.69, 9.17) is 10.5 Å². The van der Waals surface area contributed by atoms with Crippen molar-refractivity contribution in [1.82, 2.24) is 4.90 Å². The van der Waals surface area contributed by atoms with E-state index in [1.165, 1.54) is 6.42 Å². The molecular weight excluding hydrogens is 240 g/mol. The molecule has 2 unspecified atom stereocenters. The molecule has 0 spiro atoms. The summed E-state index contributed by atoms with van der Waals surface area (Å²) in [5.74, 6) is 1.33. The van der Waals surface area contributed by atoms with Crippen molar-refractivity contribution in [2.45, 2.75) is 32.2 Å². The second kappa shape index (κ2) is 4.76. The van der Waals surface area contributed by atoms with Gasteiger partial charge in [0.2, 0.25) is 0 Å². The first kappa shape index (κ1) is 12.3. The molecule has 2 aliphatic rings. The zero-order chi connectivity index (χ0) is 13.4. The van der Waals surface area contributed by atoms with E-state index in [0.29, 0.717) is 35.6 Å². The Kier molecular flexibility index (Phi) is 3.09. The van der Waals surface area contributed by atoms with Gasteiger partial charge in [0, 0.05) is 18.3 Å². The first-order valence-corrected chi connectivity index (χ1v) is 7.03. The summed E-state index contributed by atoms with van der Waals surface area (Å²) in [6.07, 6.45) is 3.55. The zero-order valence-electron chi connectivity index (χ0n) is 11.3. The number of hydrogen-bond donors (Lipinski definition) is 1. The fraction of sp³-hybridized carbons (Fsp3) is 0.533. The number of fused-ring (bicyclic) bond motifs is 2. The molecule has 2 N–H and O–H groups in total. The minimum atomic E-state index is 0.0359. The fourth-order valence-electron chi connectivity index (χ4n) is 3.37. The summed E-state index contributed by atoms with van der Waals surface area (Å²) in [6, 6.07) is 5.82. The number of anilines is 1. The van der Waals surface area contributed by atoms with Gasteiger partial charge >= 0.3 is 0 Å². The smallest absolute Gasteiger partial charge is 0.259 e. The average molecular weight is 260 g/mol. The van der Waals surface area contributed by atoms with E-state index in [2.05, 4.69) is 0 Å². The first-order valence-electron chi connectivity index (χ1n) is 7.03. The van der Waals surface area contributed by atoms with Crippen molar-refractivity contribution < 1.29 is 9.53 Å². The van der Waals surface area contributed by atoms with Gasteiger partial charge < -0.3 is 15.4 Å². The average Bonchev–Trinajstić information content (AvgIpc) is 3.01. The van der Waals surface area contributed by atoms with Crippen molar-refractivity contribution in [3.05, 3.63) is 23.8 Å². The van der Waals surface area contributed by atoms with Gasteiger partial charge in [-0.3, -0.25) is 4.79 Å². The lowest BCUT2D eigenvalue weighted by atomic mass is 10.1. The van der Waals surface area contributed by atoms with E-state index in [-0.39, 0.29) is 5.91 Å². The molecule has 1 saturated carbocycles. The van der Waals surface area contributed by atoms with E-state index in [1.54, 1.807) is 6.07 Å². The van der Waals surface area contributed by atoms with E-state index in [0.717, 1.165) is 19.4 Å². The second-order valence-electron chi connectivity index (χ2n) is 5.44. The Labute approximate surface area is 113 Å². The van der Waals surface area contributed by atoms with E-state index < -0.39 is 0 Å². The highest BCUT2D eigenvalue weighted by Gasteiger charge is 2.41. The van der Waals surface area contributed by atoms with Gasteiger partial charge in [0.25, 0.3) is 5.91 Å². The van der Waals surface area contributed by atoms with Gasteiger partial charge in [-0.25, -0.2) is 0 Å². The number of carbonyl (C=O) groups excluding carboxylic acids is 1. The molecule has 2 fully saturated rings. The molecule has 0 aromatic heterocycles. The number of amides is 1. The molecule has 1 aliphatic carbocycles. The van der Waals surface area contributed by atoms with Gasteiger partial charge in [0.1, 0.15) is 11.3 Å². The zero-order valence-corrected chi connectivity index (χ0v) is 11.3. The van der Waals surface area contributed by atoms with Crippen LogP contribution in [-0.2, 0) is 0 Å². The lowest BCUT2D eigenvalue weighted by molar-refractivity contribution is 0.0700. The van der Waals surface area contributed by atoms with Crippen molar-refractivity contribution in [1.29, 1.82) is 0 Å². The molecule has 4 nitrogen and oxygen atoms in total. The summed E-state index contributed by atoms with van der Waals surface area (Å²) >= 11 is 0. The molecule has 102 valence electrons. The highest BCUT2D eigenvalue weighted by molar-refractivity contribution is 6.02.